The third kappa shape index (κ3) is 2.08. The van der Waals surface area contributed by atoms with E-state index in [0.29, 0.717) is 11.4 Å². The molecule has 0 unspecified atom stereocenters. The van der Waals surface area contributed by atoms with Crippen LogP contribution in [0.4, 0.5) is 5.69 Å². The van der Waals surface area contributed by atoms with Crippen molar-refractivity contribution in [2.24, 2.45) is 0 Å². The number of aromatic nitrogens is 2. The average Bonchev–Trinajstić information content (AvgIpc) is 2.76. The van der Waals surface area contributed by atoms with Crippen molar-refractivity contribution in [2.75, 3.05) is 0 Å². The zero-order chi connectivity index (χ0) is 15.1. The lowest BCUT2D eigenvalue weighted by Crippen LogP contribution is -2.02. The Kier molecular flexibility index (Phi) is 2.83. The molecule has 7 nitrogen and oxygen atoms in total. The third-order valence-electron chi connectivity index (χ3n) is 3.25. The molecule has 7 heteroatoms. The first-order valence-corrected chi connectivity index (χ1v) is 6.22. The highest BCUT2D eigenvalue weighted by molar-refractivity contribution is 5.81. The summed E-state index contributed by atoms with van der Waals surface area (Å²) in [5, 5.41) is 15.8. The molecule has 0 amide bonds. The second kappa shape index (κ2) is 4.55. The van der Waals surface area contributed by atoms with Crippen molar-refractivity contribution in [1.29, 1.82) is 0 Å². The predicted molar refractivity (Wildman–Crippen MR) is 75.7 cm³/mol. The zero-order valence-corrected chi connectivity index (χ0v) is 11.4. The molecular formula is C14H11N3O4. The van der Waals surface area contributed by atoms with E-state index in [4.69, 9.17) is 4.42 Å². The molecule has 1 aromatic carbocycles. The summed E-state index contributed by atoms with van der Waals surface area (Å²) in [4.78, 5) is 21.7. The third-order valence-corrected chi connectivity index (χ3v) is 3.25. The molecule has 21 heavy (non-hydrogen) atoms. The van der Waals surface area contributed by atoms with Gasteiger partial charge in [-0.15, -0.1) is 0 Å². The van der Waals surface area contributed by atoms with Gasteiger partial charge in [0.2, 0.25) is 5.71 Å². The molecule has 0 spiro atoms. The molecule has 0 aliphatic heterocycles. The summed E-state index contributed by atoms with van der Waals surface area (Å²) in [6.07, 6.45) is 0. The maximum Gasteiger partial charge on any atom is 0.337 e. The maximum atomic E-state index is 11.5. The van der Waals surface area contributed by atoms with Crippen molar-refractivity contribution >= 4 is 16.8 Å². The van der Waals surface area contributed by atoms with Gasteiger partial charge in [0, 0.05) is 18.2 Å². The van der Waals surface area contributed by atoms with Crippen molar-refractivity contribution in [3.05, 3.63) is 62.1 Å². The van der Waals surface area contributed by atoms with Gasteiger partial charge in [-0.1, -0.05) is 0 Å². The summed E-state index contributed by atoms with van der Waals surface area (Å²) in [5.74, 6) is 0. The molecular weight excluding hydrogens is 274 g/mol. The Morgan fingerprint density at radius 1 is 1.24 bits per heavy atom. The lowest BCUT2D eigenvalue weighted by molar-refractivity contribution is -0.384. The minimum atomic E-state index is -0.472. The number of benzene rings is 1. The van der Waals surface area contributed by atoms with Gasteiger partial charge in [-0.3, -0.25) is 10.1 Å². The standard InChI is InChI=1S/C14H11N3O4/c1-8-7-12(18)21-14-13(8)9(2)15-16(14)10-3-5-11(6-4-10)17(19)20/h3-7H,1-2H3. The van der Waals surface area contributed by atoms with Gasteiger partial charge in [-0.2, -0.15) is 9.78 Å². The van der Waals surface area contributed by atoms with Crippen molar-refractivity contribution in [1.82, 2.24) is 9.78 Å². The Morgan fingerprint density at radius 3 is 2.52 bits per heavy atom. The van der Waals surface area contributed by atoms with E-state index in [0.717, 1.165) is 16.6 Å². The molecule has 0 atom stereocenters. The Morgan fingerprint density at radius 2 is 1.90 bits per heavy atom. The number of nitro benzene ring substituents is 1. The van der Waals surface area contributed by atoms with E-state index >= 15 is 0 Å². The van der Waals surface area contributed by atoms with Crippen LogP contribution >= 0.6 is 0 Å². The van der Waals surface area contributed by atoms with Crippen LogP contribution in [0.3, 0.4) is 0 Å². The van der Waals surface area contributed by atoms with Crippen molar-refractivity contribution < 1.29 is 9.34 Å². The first kappa shape index (κ1) is 13.0. The second-order valence-corrected chi connectivity index (χ2v) is 4.70. The van der Waals surface area contributed by atoms with Crippen LogP contribution in [0.5, 0.6) is 0 Å². The van der Waals surface area contributed by atoms with E-state index in [1.165, 1.54) is 22.9 Å². The molecule has 106 valence electrons. The second-order valence-electron chi connectivity index (χ2n) is 4.70. The average molecular weight is 285 g/mol. The largest absolute Gasteiger partial charge is 0.403 e. The quantitative estimate of drug-likeness (QED) is 0.533. The van der Waals surface area contributed by atoms with Crippen molar-refractivity contribution in [3.8, 4) is 5.69 Å². The van der Waals surface area contributed by atoms with E-state index in [9.17, 15) is 14.9 Å². The molecule has 0 aliphatic carbocycles. The van der Waals surface area contributed by atoms with E-state index < -0.39 is 10.5 Å². The van der Waals surface area contributed by atoms with Gasteiger partial charge in [0.25, 0.3) is 5.69 Å². The first-order chi connectivity index (χ1) is 9.97. The number of rotatable bonds is 2. The lowest BCUT2D eigenvalue weighted by Gasteiger charge is -2.02. The number of hydrogen-bond acceptors (Lipinski definition) is 5. The van der Waals surface area contributed by atoms with Gasteiger partial charge in [-0.25, -0.2) is 4.79 Å². The van der Waals surface area contributed by atoms with Crippen molar-refractivity contribution in [2.45, 2.75) is 13.8 Å². The molecule has 2 heterocycles. The molecule has 0 aliphatic rings. The van der Waals surface area contributed by atoms with E-state index in [2.05, 4.69) is 5.10 Å². The summed E-state index contributed by atoms with van der Waals surface area (Å²) in [7, 11) is 0. The van der Waals surface area contributed by atoms with Gasteiger partial charge in [0.1, 0.15) is 0 Å². The Balaban J connectivity index is 2.25. The summed E-state index contributed by atoms with van der Waals surface area (Å²) in [6.45, 7) is 3.63. The zero-order valence-electron chi connectivity index (χ0n) is 11.4. The van der Waals surface area contributed by atoms with Gasteiger partial charge in [0.05, 0.1) is 21.7 Å². The molecule has 0 N–H and O–H groups in total. The topological polar surface area (TPSA) is 91.2 Å². The monoisotopic (exact) mass is 285 g/mol. The van der Waals surface area contributed by atoms with E-state index in [-0.39, 0.29) is 5.69 Å². The Hall–Kier alpha value is -2.96. The van der Waals surface area contributed by atoms with Gasteiger partial charge in [0.15, 0.2) is 0 Å². The molecule has 0 bridgehead atoms. The van der Waals surface area contributed by atoms with Crippen LogP contribution in [0.25, 0.3) is 16.8 Å². The molecule has 0 fully saturated rings. The van der Waals surface area contributed by atoms with Crippen LogP contribution in [0.15, 0.2) is 39.5 Å². The van der Waals surface area contributed by atoms with Crippen LogP contribution in [0.2, 0.25) is 0 Å². The van der Waals surface area contributed by atoms with Crippen LogP contribution in [0, 0.1) is 24.0 Å². The molecule has 3 aromatic rings. The summed E-state index contributed by atoms with van der Waals surface area (Å²) in [6, 6.07) is 7.30. The van der Waals surface area contributed by atoms with Crippen LogP contribution in [-0.4, -0.2) is 14.7 Å². The first-order valence-electron chi connectivity index (χ1n) is 6.22. The van der Waals surface area contributed by atoms with Crippen LogP contribution < -0.4 is 5.63 Å². The number of non-ortho nitro benzene ring substituents is 1. The number of nitrogens with zero attached hydrogens (tertiary/aromatic N) is 3. The fraction of sp³-hybridized carbons (Fsp3) is 0.143. The normalized spacial score (nSPS) is 11.0. The molecule has 0 radical (unpaired) electrons. The van der Waals surface area contributed by atoms with Crippen molar-refractivity contribution in [3.63, 3.8) is 0 Å². The fourth-order valence-corrected chi connectivity index (χ4v) is 2.32. The molecule has 0 saturated heterocycles. The predicted octanol–water partition coefficient (Wildman–Crippen LogP) is 2.50. The maximum absolute atomic E-state index is 11.5. The minimum Gasteiger partial charge on any atom is -0.403 e. The van der Waals surface area contributed by atoms with Crippen LogP contribution in [0.1, 0.15) is 11.3 Å². The Bertz CT molecular complexity index is 906. The smallest absolute Gasteiger partial charge is 0.337 e. The van der Waals surface area contributed by atoms with Crippen LogP contribution in [-0.2, 0) is 0 Å². The number of fused-ring (bicyclic) bond motifs is 1. The Labute approximate surface area is 118 Å². The highest BCUT2D eigenvalue weighted by atomic mass is 16.6. The summed E-state index contributed by atoms with van der Waals surface area (Å²) >= 11 is 0. The SMILES string of the molecule is Cc1cc(=O)oc2c1c(C)nn2-c1ccc([N+](=O)[O-])cc1. The number of aryl methyl sites for hydroxylation is 2. The lowest BCUT2D eigenvalue weighted by atomic mass is 10.2. The number of hydrogen-bond donors (Lipinski definition) is 0. The molecule has 0 saturated carbocycles. The summed E-state index contributed by atoms with van der Waals surface area (Å²) < 4.78 is 6.71. The minimum absolute atomic E-state index is 0.00966. The van der Waals surface area contributed by atoms with Gasteiger partial charge in [-0.05, 0) is 31.5 Å². The summed E-state index contributed by atoms with van der Waals surface area (Å²) in [5.41, 5.74) is 1.97. The van der Waals surface area contributed by atoms with Gasteiger partial charge >= 0.3 is 5.63 Å². The van der Waals surface area contributed by atoms with E-state index in [1.54, 1.807) is 12.1 Å². The highest BCUT2D eigenvalue weighted by Crippen LogP contribution is 2.24. The fourth-order valence-electron chi connectivity index (χ4n) is 2.32. The molecule has 2 aromatic heterocycles. The number of nitro groups is 1. The molecule has 3 rings (SSSR count). The highest BCUT2D eigenvalue weighted by Gasteiger charge is 2.15. The van der Waals surface area contributed by atoms with E-state index in [1.807, 2.05) is 13.8 Å². The van der Waals surface area contributed by atoms with Gasteiger partial charge < -0.3 is 4.42 Å².